The average Bonchev–Trinajstić information content (AvgIpc) is 2.41. The second-order valence-corrected chi connectivity index (χ2v) is 4.05. The number of carbonyl (C=O) groups is 1. The predicted molar refractivity (Wildman–Crippen MR) is 71.1 cm³/mol. The molecule has 1 rings (SSSR count). The van der Waals surface area contributed by atoms with Gasteiger partial charge in [-0.1, -0.05) is 6.92 Å². The van der Waals surface area contributed by atoms with E-state index in [1.165, 1.54) is 0 Å². The zero-order valence-corrected chi connectivity index (χ0v) is 10.8. The third kappa shape index (κ3) is 5.29. The minimum Gasteiger partial charge on any atom is -0.494 e. The van der Waals surface area contributed by atoms with Crippen LogP contribution in [0.25, 0.3) is 0 Å². The van der Waals surface area contributed by atoms with Gasteiger partial charge in [-0.15, -0.1) is 0 Å². The maximum absolute atomic E-state index is 11.8. The molecule has 100 valence electrons. The van der Waals surface area contributed by atoms with E-state index in [1.807, 2.05) is 12.1 Å². The van der Waals surface area contributed by atoms with E-state index in [-0.39, 0.29) is 12.4 Å². The molecule has 0 amide bonds. The Morgan fingerprint density at radius 1 is 1.33 bits per heavy atom. The molecule has 0 spiro atoms. The van der Waals surface area contributed by atoms with Crippen LogP contribution in [-0.4, -0.2) is 37.2 Å². The van der Waals surface area contributed by atoms with Crippen LogP contribution in [0.5, 0.6) is 5.75 Å². The van der Waals surface area contributed by atoms with Crippen molar-refractivity contribution in [1.82, 2.24) is 5.32 Å². The highest BCUT2D eigenvalue weighted by Crippen LogP contribution is 2.12. The van der Waals surface area contributed by atoms with Gasteiger partial charge < -0.3 is 15.2 Å². The minimum absolute atomic E-state index is 0.0509. The van der Waals surface area contributed by atoms with Gasteiger partial charge in [0.2, 0.25) is 0 Å². The fourth-order valence-electron chi connectivity index (χ4n) is 1.47. The molecule has 0 atom stereocenters. The third-order valence-electron chi connectivity index (χ3n) is 2.45. The Kier molecular flexibility index (Phi) is 7.06. The Hall–Kier alpha value is -1.39. The molecular formula is C14H21NO3. The first-order chi connectivity index (χ1) is 8.77. The third-order valence-corrected chi connectivity index (χ3v) is 2.45. The van der Waals surface area contributed by atoms with Crippen molar-refractivity contribution in [3.05, 3.63) is 29.8 Å². The van der Waals surface area contributed by atoms with Gasteiger partial charge in [0.25, 0.3) is 0 Å². The van der Waals surface area contributed by atoms with Crippen molar-refractivity contribution in [3.8, 4) is 5.75 Å². The fraction of sp³-hybridized carbons (Fsp3) is 0.500. The van der Waals surface area contributed by atoms with E-state index >= 15 is 0 Å². The van der Waals surface area contributed by atoms with Gasteiger partial charge in [-0.25, -0.2) is 0 Å². The summed E-state index contributed by atoms with van der Waals surface area (Å²) in [5, 5.41) is 11.6. The van der Waals surface area contributed by atoms with E-state index in [1.54, 1.807) is 12.1 Å². The monoisotopic (exact) mass is 251 g/mol. The number of Topliss-reactive ketones (excluding diaryl/α,β-unsaturated/α-hetero) is 1. The smallest absolute Gasteiger partial charge is 0.176 e. The van der Waals surface area contributed by atoms with Crippen molar-refractivity contribution >= 4 is 5.78 Å². The van der Waals surface area contributed by atoms with Crippen molar-refractivity contribution in [1.29, 1.82) is 0 Å². The second kappa shape index (κ2) is 8.66. The van der Waals surface area contributed by atoms with Crippen LogP contribution in [0.15, 0.2) is 24.3 Å². The number of ether oxygens (including phenoxy) is 1. The summed E-state index contributed by atoms with van der Waals surface area (Å²) in [7, 11) is 0. The molecule has 0 unspecified atom stereocenters. The maximum atomic E-state index is 11.8. The van der Waals surface area contributed by atoms with Crippen molar-refractivity contribution < 1.29 is 14.6 Å². The van der Waals surface area contributed by atoms with Crippen LogP contribution in [0.4, 0.5) is 0 Å². The van der Waals surface area contributed by atoms with Crippen LogP contribution in [-0.2, 0) is 0 Å². The number of benzene rings is 1. The van der Waals surface area contributed by atoms with E-state index in [9.17, 15) is 4.79 Å². The summed E-state index contributed by atoms with van der Waals surface area (Å²) in [5.41, 5.74) is 0.676. The summed E-state index contributed by atoms with van der Waals surface area (Å²) in [6, 6.07) is 7.19. The molecule has 1 aromatic rings. The molecular weight excluding hydrogens is 230 g/mol. The summed E-state index contributed by atoms with van der Waals surface area (Å²) in [6.07, 6.45) is 1.63. The van der Waals surface area contributed by atoms with Gasteiger partial charge in [-0.05, 0) is 43.7 Å². The van der Waals surface area contributed by atoms with Gasteiger partial charge >= 0.3 is 0 Å². The Labute approximate surface area is 108 Å². The maximum Gasteiger partial charge on any atom is 0.176 e. The van der Waals surface area contributed by atoms with E-state index in [4.69, 9.17) is 9.84 Å². The number of aliphatic hydroxyl groups is 1. The van der Waals surface area contributed by atoms with Gasteiger partial charge in [0.05, 0.1) is 13.2 Å². The molecule has 0 saturated heterocycles. The summed E-state index contributed by atoms with van der Waals surface area (Å²) in [4.78, 5) is 11.8. The molecule has 0 fully saturated rings. The van der Waals surface area contributed by atoms with Crippen LogP contribution < -0.4 is 10.1 Å². The molecule has 0 aromatic heterocycles. The van der Waals surface area contributed by atoms with E-state index in [0.717, 1.165) is 12.2 Å². The lowest BCUT2D eigenvalue weighted by Gasteiger charge is -2.06. The fourth-order valence-corrected chi connectivity index (χ4v) is 1.47. The molecule has 0 aliphatic rings. The van der Waals surface area contributed by atoms with Crippen LogP contribution in [0.1, 0.15) is 30.1 Å². The van der Waals surface area contributed by atoms with E-state index in [2.05, 4.69) is 12.2 Å². The first kappa shape index (κ1) is 14.7. The number of ketones is 1. The Bertz CT molecular complexity index is 349. The highest BCUT2D eigenvalue weighted by Gasteiger charge is 2.05. The Morgan fingerprint density at radius 3 is 2.67 bits per heavy atom. The lowest BCUT2D eigenvalue weighted by molar-refractivity contribution is 0.0990. The van der Waals surface area contributed by atoms with Crippen LogP contribution >= 0.6 is 0 Å². The highest BCUT2D eigenvalue weighted by atomic mass is 16.5. The molecule has 0 heterocycles. The molecule has 0 saturated carbocycles. The van der Waals surface area contributed by atoms with Crippen molar-refractivity contribution in [2.24, 2.45) is 0 Å². The van der Waals surface area contributed by atoms with E-state index < -0.39 is 0 Å². The number of hydrogen-bond acceptors (Lipinski definition) is 4. The largest absolute Gasteiger partial charge is 0.494 e. The molecule has 0 bridgehead atoms. The van der Waals surface area contributed by atoms with E-state index in [0.29, 0.717) is 31.7 Å². The molecule has 18 heavy (non-hydrogen) atoms. The number of hydrogen-bond donors (Lipinski definition) is 2. The molecule has 1 aromatic carbocycles. The topological polar surface area (TPSA) is 58.6 Å². The highest BCUT2D eigenvalue weighted by molar-refractivity contribution is 5.97. The van der Waals surface area contributed by atoms with Crippen LogP contribution in [0.2, 0.25) is 0 Å². The SMILES string of the molecule is CCCOc1ccc(C(=O)CNCCCO)cc1. The lowest BCUT2D eigenvalue weighted by atomic mass is 10.1. The predicted octanol–water partition coefficient (Wildman–Crippen LogP) is 1.63. The number of rotatable bonds is 9. The van der Waals surface area contributed by atoms with Gasteiger partial charge in [-0.2, -0.15) is 0 Å². The van der Waals surface area contributed by atoms with Gasteiger partial charge in [-0.3, -0.25) is 4.79 Å². The van der Waals surface area contributed by atoms with Crippen molar-refractivity contribution in [2.45, 2.75) is 19.8 Å². The molecule has 2 N–H and O–H groups in total. The summed E-state index contributed by atoms with van der Waals surface area (Å²) < 4.78 is 5.45. The first-order valence-corrected chi connectivity index (χ1v) is 6.35. The average molecular weight is 251 g/mol. The Balaban J connectivity index is 2.38. The molecule has 4 nitrogen and oxygen atoms in total. The zero-order valence-electron chi connectivity index (χ0n) is 10.8. The second-order valence-electron chi connectivity index (χ2n) is 4.05. The van der Waals surface area contributed by atoms with Gasteiger partial charge in [0, 0.05) is 12.2 Å². The minimum atomic E-state index is 0.0509. The van der Waals surface area contributed by atoms with Crippen LogP contribution in [0, 0.1) is 0 Å². The zero-order chi connectivity index (χ0) is 13.2. The molecule has 0 aliphatic carbocycles. The Morgan fingerprint density at radius 2 is 2.06 bits per heavy atom. The summed E-state index contributed by atoms with van der Waals surface area (Å²) in [5.74, 6) is 0.844. The number of aliphatic hydroxyl groups excluding tert-OH is 1. The quantitative estimate of drug-likeness (QED) is 0.517. The number of carbonyl (C=O) groups excluding carboxylic acids is 1. The normalized spacial score (nSPS) is 10.3. The molecule has 4 heteroatoms. The summed E-state index contributed by atoms with van der Waals surface area (Å²) >= 11 is 0. The summed E-state index contributed by atoms with van der Waals surface area (Å²) in [6.45, 7) is 3.84. The van der Waals surface area contributed by atoms with Crippen molar-refractivity contribution in [2.75, 3.05) is 26.3 Å². The first-order valence-electron chi connectivity index (χ1n) is 6.35. The van der Waals surface area contributed by atoms with Gasteiger partial charge in [0.1, 0.15) is 5.75 Å². The number of nitrogens with one attached hydrogen (secondary N) is 1. The van der Waals surface area contributed by atoms with Crippen LogP contribution in [0.3, 0.4) is 0 Å². The molecule has 0 aliphatic heterocycles. The lowest BCUT2D eigenvalue weighted by Crippen LogP contribution is -2.24. The van der Waals surface area contributed by atoms with Crippen molar-refractivity contribution in [3.63, 3.8) is 0 Å². The van der Waals surface area contributed by atoms with Gasteiger partial charge in [0.15, 0.2) is 5.78 Å². The standard InChI is InChI=1S/C14H21NO3/c1-2-10-18-13-6-4-12(5-7-13)14(17)11-15-8-3-9-16/h4-7,15-16H,2-3,8-11H2,1H3. The molecule has 0 radical (unpaired) electrons.